The molecule has 1 N–H and O–H groups in total. The van der Waals surface area contributed by atoms with Crippen molar-refractivity contribution < 1.29 is 4.74 Å². The number of benzene rings is 1. The number of nitrogens with zero attached hydrogens (tertiary/aromatic N) is 3. The molecule has 7 heteroatoms. The van der Waals surface area contributed by atoms with E-state index in [9.17, 15) is 0 Å². The van der Waals surface area contributed by atoms with Crippen LogP contribution in [0.2, 0.25) is 5.02 Å². The minimum atomic E-state index is 0.595. The summed E-state index contributed by atoms with van der Waals surface area (Å²) < 4.78 is 8.72. The third kappa shape index (κ3) is 2.59. The molecule has 0 radical (unpaired) electrons. The van der Waals surface area contributed by atoms with Gasteiger partial charge in [0.15, 0.2) is 0 Å². The third-order valence-electron chi connectivity index (χ3n) is 1.96. The van der Waals surface area contributed by atoms with Gasteiger partial charge in [-0.3, -0.25) is 0 Å². The number of nitrogens with one attached hydrogen (secondary N) is 1. The van der Waals surface area contributed by atoms with Crippen LogP contribution in [0.4, 0.5) is 5.13 Å². The summed E-state index contributed by atoms with van der Waals surface area (Å²) in [5.74, 6) is 0.669. The average molecular weight is 257 g/mol. The van der Waals surface area contributed by atoms with Gasteiger partial charge in [-0.05, 0) is 22.9 Å². The molecule has 0 saturated carbocycles. The Balaban J connectivity index is 2.02. The summed E-state index contributed by atoms with van der Waals surface area (Å²) in [7, 11) is 1.59. The third-order valence-corrected chi connectivity index (χ3v) is 2.81. The second-order valence-corrected chi connectivity index (χ2v) is 4.13. The van der Waals surface area contributed by atoms with E-state index in [1.165, 1.54) is 11.5 Å². The number of aromatic nitrogens is 3. The maximum absolute atomic E-state index is 6.00. The molecule has 0 aliphatic rings. The Bertz CT molecular complexity index is 463. The molecule has 0 unspecified atom stereocenters. The molecule has 2 aromatic rings. The van der Waals surface area contributed by atoms with Crippen molar-refractivity contribution in [3.05, 3.63) is 28.8 Å². The summed E-state index contributed by atoms with van der Waals surface area (Å²) in [6.45, 7) is 0.626. The van der Waals surface area contributed by atoms with E-state index in [1.54, 1.807) is 7.11 Å². The Morgan fingerprint density at radius 1 is 1.50 bits per heavy atom. The Kier molecular flexibility index (Phi) is 3.53. The Morgan fingerprint density at radius 2 is 2.38 bits per heavy atom. The van der Waals surface area contributed by atoms with Gasteiger partial charge in [0.05, 0.1) is 12.1 Å². The van der Waals surface area contributed by atoms with Crippen LogP contribution in [-0.4, -0.2) is 21.9 Å². The van der Waals surface area contributed by atoms with Gasteiger partial charge in [-0.2, -0.15) is 0 Å². The lowest BCUT2D eigenvalue weighted by molar-refractivity contribution is 0.415. The minimum Gasteiger partial charge on any atom is -0.495 e. The number of hydrogen-bond acceptors (Lipinski definition) is 6. The van der Waals surface area contributed by atoms with Crippen LogP contribution >= 0.6 is 23.1 Å². The first kappa shape index (κ1) is 11.1. The molecule has 0 atom stereocenters. The molecule has 1 aromatic carbocycles. The van der Waals surface area contributed by atoms with Crippen molar-refractivity contribution in [1.29, 1.82) is 0 Å². The van der Waals surface area contributed by atoms with E-state index < -0.39 is 0 Å². The zero-order valence-electron chi connectivity index (χ0n) is 8.48. The molecule has 5 nitrogen and oxygen atoms in total. The van der Waals surface area contributed by atoms with Crippen molar-refractivity contribution in [1.82, 2.24) is 14.8 Å². The monoisotopic (exact) mass is 256 g/mol. The van der Waals surface area contributed by atoms with Crippen molar-refractivity contribution in [2.75, 3.05) is 12.4 Å². The molecule has 2 rings (SSSR count). The molecule has 0 saturated heterocycles. The topological polar surface area (TPSA) is 59.9 Å². The van der Waals surface area contributed by atoms with Gasteiger partial charge in [-0.15, -0.1) is 0 Å². The first-order valence-electron chi connectivity index (χ1n) is 4.51. The standard InChI is InChI=1S/C9H9ClN4OS/c1-15-8-3-2-6(4-7(8)10)5-11-9-12-13-14-16-9/h2-4H,5H2,1H3,(H,11,12,14). The lowest BCUT2D eigenvalue weighted by atomic mass is 10.2. The summed E-state index contributed by atoms with van der Waals surface area (Å²) in [6.07, 6.45) is 0. The number of rotatable bonds is 4. The van der Waals surface area contributed by atoms with E-state index in [2.05, 4.69) is 20.1 Å². The van der Waals surface area contributed by atoms with E-state index >= 15 is 0 Å². The molecule has 0 bridgehead atoms. The Morgan fingerprint density at radius 3 is 3.00 bits per heavy atom. The lowest BCUT2D eigenvalue weighted by Gasteiger charge is -2.06. The number of hydrogen-bond donors (Lipinski definition) is 1. The fourth-order valence-electron chi connectivity index (χ4n) is 1.20. The second-order valence-electron chi connectivity index (χ2n) is 2.99. The largest absolute Gasteiger partial charge is 0.495 e. The molecular weight excluding hydrogens is 248 g/mol. The van der Waals surface area contributed by atoms with Crippen LogP contribution in [0.1, 0.15) is 5.56 Å². The second kappa shape index (κ2) is 5.09. The zero-order valence-corrected chi connectivity index (χ0v) is 10.0. The van der Waals surface area contributed by atoms with Crippen LogP contribution in [0, 0.1) is 0 Å². The highest BCUT2D eigenvalue weighted by Crippen LogP contribution is 2.25. The van der Waals surface area contributed by atoms with Crippen LogP contribution < -0.4 is 10.1 Å². The van der Waals surface area contributed by atoms with Gasteiger partial charge in [0.2, 0.25) is 5.13 Å². The van der Waals surface area contributed by atoms with Gasteiger partial charge in [-0.1, -0.05) is 27.3 Å². The van der Waals surface area contributed by atoms with Crippen LogP contribution in [0.25, 0.3) is 0 Å². The number of anilines is 1. The van der Waals surface area contributed by atoms with Crippen molar-refractivity contribution in [2.24, 2.45) is 0 Å². The maximum atomic E-state index is 6.00. The number of halogens is 1. The highest BCUT2D eigenvalue weighted by atomic mass is 35.5. The number of ether oxygens (including phenoxy) is 1. The maximum Gasteiger partial charge on any atom is 0.225 e. The van der Waals surface area contributed by atoms with Crippen LogP contribution in [0.5, 0.6) is 5.75 Å². The normalized spacial score (nSPS) is 10.1. The molecule has 0 spiro atoms. The van der Waals surface area contributed by atoms with Gasteiger partial charge in [-0.25, -0.2) is 0 Å². The fourth-order valence-corrected chi connectivity index (χ4v) is 1.84. The van der Waals surface area contributed by atoms with Gasteiger partial charge in [0.25, 0.3) is 0 Å². The van der Waals surface area contributed by atoms with Gasteiger partial charge >= 0.3 is 0 Å². The summed E-state index contributed by atoms with van der Waals surface area (Å²) >= 11 is 7.21. The SMILES string of the molecule is COc1ccc(CNc2nnns2)cc1Cl. The molecular formula is C9H9ClN4OS. The average Bonchev–Trinajstić information content (AvgIpc) is 2.79. The Hall–Kier alpha value is -1.40. The molecule has 0 aliphatic heterocycles. The molecule has 16 heavy (non-hydrogen) atoms. The quantitative estimate of drug-likeness (QED) is 0.909. The van der Waals surface area contributed by atoms with Gasteiger partial charge in [0, 0.05) is 18.1 Å². The van der Waals surface area contributed by atoms with E-state index in [0.717, 1.165) is 5.56 Å². The predicted molar refractivity (Wildman–Crippen MR) is 63.0 cm³/mol. The van der Waals surface area contributed by atoms with E-state index in [-0.39, 0.29) is 0 Å². The van der Waals surface area contributed by atoms with E-state index in [1.807, 2.05) is 18.2 Å². The number of methoxy groups -OCH3 is 1. The fraction of sp³-hybridized carbons (Fsp3) is 0.222. The first-order chi connectivity index (χ1) is 7.79. The van der Waals surface area contributed by atoms with E-state index in [4.69, 9.17) is 16.3 Å². The van der Waals surface area contributed by atoms with Crippen LogP contribution in [0.3, 0.4) is 0 Å². The van der Waals surface area contributed by atoms with Crippen molar-refractivity contribution in [2.45, 2.75) is 6.54 Å². The Labute approximate surface area is 102 Å². The van der Waals surface area contributed by atoms with Gasteiger partial charge in [0.1, 0.15) is 5.75 Å². The van der Waals surface area contributed by atoms with Crippen LogP contribution in [-0.2, 0) is 6.54 Å². The predicted octanol–water partition coefficient (Wildman–Crippen LogP) is 2.21. The van der Waals surface area contributed by atoms with Crippen molar-refractivity contribution in [3.63, 3.8) is 0 Å². The van der Waals surface area contributed by atoms with Crippen molar-refractivity contribution in [3.8, 4) is 5.75 Å². The summed E-state index contributed by atoms with van der Waals surface area (Å²) in [6, 6.07) is 5.62. The van der Waals surface area contributed by atoms with Gasteiger partial charge < -0.3 is 10.1 Å². The highest BCUT2D eigenvalue weighted by Gasteiger charge is 2.02. The summed E-state index contributed by atoms with van der Waals surface area (Å²) in [4.78, 5) is 0. The molecule has 0 amide bonds. The summed E-state index contributed by atoms with van der Waals surface area (Å²) in [5.41, 5.74) is 1.04. The minimum absolute atomic E-state index is 0.595. The highest BCUT2D eigenvalue weighted by molar-refractivity contribution is 7.09. The summed E-state index contributed by atoms with van der Waals surface area (Å²) in [5, 5.41) is 11.6. The molecule has 0 fully saturated rings. The zero-order chi connectivity index (χ0) is 11.4. The molecule has 1 aromatic heterocycles. The molecule has 84 valence electrons. The smallest absolute Gasteiger partial charge is 0.225 e. The van der Waals surface area contributed by atoms with Crippen molar-refractivity contribution >= 4 is 28.3 Å². The molecule has 1 heterocycles. The van der Waals surface area contributed by atoms with E-state index in [0.29, 0.717) is 22.4 Å². The molecule has 0 aliphatic carbocycles. The lowest BCUT2D eigenvalue weighted by Crippen LogP contribution is -1.99. The van der Waals surface area contributed by atoms with Crippen LogP contribution in [0.15, 0.2) is 18.2 Å². The first-order valence-corrected chi connectivity index (χ1v) is 5.66.